The number of ether oxygens (including phenoxy) is 3. The zero-order valence-electron chi connectivity index (χ0n) is 23.4. The number of nitrogens with one attached hydrogen (secondary N) is 1. The second-order valence-corrected chi connectivity index (χ2v) is 10.2. The van der Waals surface area contributed by atoms with Crippen molar-refractivity contribution in [2.45, 2.75) is 32.7 Å². The van der Waals surface area contributed by atoms with E-state index in [0.29, 0.717) is 49.8 Å². The van der Waals surface area contributed by atoms with Crippen LogP contribution in [-0.4, -0.2) is 88.3 Å². The van der Waals surface area contributed by atoms with Crippen LogP contribution in [0.15, 0.2) is 48.5 Å². The molecule has 0 spiro atoms. The monoisotopic (exact) mass is 525 g/mol. The average Bonchev–Trinajstić information content (AvgIpc) is 3.36. The van der Waals surface area contributed by atoms with Gasteiger partial charge in [-0.2, -0.15) is 0 Å². The van der Waals surface area contributed by atoms with E-state index in [1.165, 1.54) is 0 Å². The number of likely N-dealkylation sites (N-methyl/N-ethyl adjacent to an activating group) is 1. The first-order chi connectivity index (χ1) is 18.3. The van der Waals surface area contributed by atoms with Crippen molar-refractivity contribution < 1.29 is 23.8 Å². The minimum Gasteiger partial charge on any atom is -0.493 e. The standard InChI is InChI=1S/C30H43N3O5/c1-22(2)33(30(35)24-12-13-27(37-5)28(17-24)38-15-9-14-36-4)21-26-19-31-18-25(26)20-32(3)29(34)16-23-10-7-6-8-11-23/h6-8,10-13,17,22,25-26,31H,9,14-16,18-21H2,1-5H3/t25-,26-/m0/s1. The maximum Gasteiger partial charge on any atom is 0.254 e. The number of rotatable bonds is 14. The Hall–Kier alpha value is -3.10. The number of carbonyl (C=O) groups excluding carboxylic acids is 2. The summed E-state index contributed by atoms with van der Waals surface area (Å²) in [5.74, 6) is 1.73. The molecule has 0 saturated carbocycles. The van der Waals surface area contributed by atoms with Gasteiger partial charge in [-0.15, -0.1) is 0 Å². The molecule has 2 aromatic rings. The van der Waals surface area contributed by atoms with E-state index in [1.807, 2.05) is 61.0 Å². The van der Waals surface area contributed by atoms with E-state index >= 15 is 0 Å². The number of benzene rings is 2. The molecule has 38 heavy (non-hydrogen) atoms. The lowest BCUT2D eigenvalue weighted by Gasteiger charge is -2.33. The molecule has 2 aromatic carbocycles. The van der Waals surface area contributed by atoms with Gasteiger partial charge in [-0.05, 0) is 49.4 Å². The number of methoxy groups -OCH3 is 2. The van der Waals surface area contributed by atoms with Gasteiger partial charge >= 0.3 is 0 Å². The minimum absolute atomic E-state index is 0.0226. The third-order valence-corrected chi connectivity index (χ3v) is 7.09. The largest absolute Gasteiger partial charge is 0.493 e. The number of hydrogen-bond donors (Lipinski definition) is 1. The van der Waals surface area contributed by atoms with E-state index in [1.54, 1.807) is 32.4 Å². The highest BCUT2D eigenvalue weighted by molar-refractivity contribution is 5.95. The molecule has 1 heterocycles. The van der Waals surface area contributed by atoms with E-state index in [2.05, 4.69) is 5.32 Å². The van der Waals surface area contributed by atoms with Gasteiger partial charge in [0, 0.05) is 65.0 Å². The van der Waals surface area contributed by atoms with Crippen LogP contribution in [0.4, 0.5) is 0 Å². The van der Waals surface area contributed by atoms with Gasteiger partial charge in [-0.25, -0.2) is 0 Å². The maximum absolute atomic E-state index is 13.7. The normalized spacial score (nSPS) is 16.9. The maximum atomic E-state index is 13.7. The first kappa shape index (κ1) is 29.5. The lowest BCUT2D eigenvalue weighted by molar-refractivity contribution is -0.129. The van der Waals surface area contributed by atoms with Gasteiger partial charge in [-0.1, -0.05) is 30.3 Å². The predicted octanol–water partition coefficient (Wildman–Crippen LogP) is 3.50. The molecule has 2 atom stereocenters. The van der Waals surface area contributed by atoms with Crippen LogP contribution in [0.2, 0.25) is 0 Å². The van der Waals surface area contributed by atoms with Crippen LogP contribution < -0.4 is 14.8 Å². The molecule has 0 bridgehead atoms. The SMILES string of the molecule is COCCCOc1cc(C(=O)N(C[C@@H]2CNC[C@H]2CN(C)C(=O)Cc2ccccc2)C(C)C)ccc1OC. The van der Waals surface area contributed by atoms with Crippen LogP contribution in [0.5, 0.6) is 11.5 Å². The molecular formula is C30H43N3O5. The van der Waals surface area contributed by atoms with Crippen molar-refractivity contribution in [1.82, 2.24) is 15.1 Å². The molecule has 8 heteroatoms. The van der Waals surface area contributed by atoms with Gasteiger partial charge in [-0.3, -0.25) is 9.59 Å². The Morgan fingerprint density at radius 1 is 0.974 bits per heavy atom. The number of amides is 2. The second-order valence-electron chi connectivity index (χ2n) is 10.2. The Balaban J connectivity index is 1.65. The molecule has 0 aromatic heterocycles. The molecule has 1 N–H and O–H groups in total. The van der Waals surface area contributed by atoms with E-state index in [4.69, 9.17) is 14.2 Å². The molecule has 1 saturated heterocycles. The first-order valence-corrected chi connectivity index (χ1v) is 13.4. The van der Waals surface area contributed by atoms with Crippen molar-refractivity contribution in [3.8, 4) is 11.5 Å². The fraction of sp³-hybridized carbons (Fsp3) is 0.533. The smallest absolute Gasteiger partial charge is 0.254 e. The van der Waals surface area contributed by atoms with Gasteiger partial charge in [0.25, 0.3) is 5.91 Å². The quantitative estimate of drug-likeness (QED) is 0.381. The molecule has 1 fully saturated rings. The third kappa shape index (κ3) is 8.20. The van der Waals surface area contributed by atoms with Crippen LogP contribution in [0.1, 0.15) is 36.2 Å². The van der Waals surface area contributed by atoms with Crippen LogP contribution in [0.3, 0.4) is 0 Å². The van der Waals surface area contributed by atoms with Crippen LogP contribution in [0.25, 0.3) is 0 Å². The molecule has 1 aliphatic heterocycles. The molecular weight excluding hydrogens is 482 g/mol. The second kappa shape index (κ2) is 14.7. The minimum atomic E-state index is -0.0384. The molecule has 0 unspecified atom stereocenters. The van der Waals surface area contributed by atoms with Crippen LogP contribution in [-0.2, 0) is 16.0 Å². The molecule has 8 nitrogen and oxygen atoms in total. The average molecular weight is 526 g/mol. The topological polar surface area (TPSA) is 80.3 Å². The van der Waals surface area contributed by atoms with E-state index in [-0.39, 0.29) is 29.7 Å². The van der Waals surface area contributed by atoms with Crippen molar-refractivity contribution in [3.63, 3.8) is 0 Å². The van der Waals surface area contributed by atoms with E-state index in [0.717, 1.165) is 25.1 Å². The van der Waals surface area contributed by atoms with Gasteiger partial charge in [0.05, 0.1) is 20.1 Å². The van der Waals surface area contributed by atoms with Gasteiger partial charge in [0.2, 0.25) is 5.91 Å². The number of hydrogen-bond acceptors (Lipinski definition) is 6. The van der Waals surface area contributed by atoms with E-state index < -0.39 is 0 Å². The zero-order chi connectivity index (χ0) is 27.5. The first-order valence-electron chi connectivity index (χ1n) is 13.4. The number of carbonyl (C=O) groups is 2. The summed E-state index contributed by atoms with van der Waals surface area (Å²) in [6.45, 7) is 8.07. The lowest BCUT2D eigenvalue weighted by Crippen LogP contribution is -2.44. The van der Waals surface area contributed by atoms with Crippen molar-refractivity contribution in [1.29, 1.82) is 0 Å². The summed E-state index contributed by atoms with van der Waals surface area (Å²) in [6.07, 6.45) is 1.14. The molecule has 208 valence electrons. The summed E-state index contributed by atoms with van der Waals surface area (Å²) >= 11 is 0. The predicted molar refractivity (Wildman–Crippen MR) is 149 cm³/mol. The van der Waals surface area contributed by atoms with Crippen molar-refractivity contribution in [3.05, 3.63) is 59.7 Å². The fourth-order valence-corrected chi connectivity index (χ4v) is 4.83. The summed E-state index contributed by atoms with van der Waals surface area (Å²) in [6, 6.07) is 15.2. The Morgan fingerprint density at radius 2 is 1.68 bits per heavy atom. The Morgan fingerprint density at radius 3 is 2.34 bits per heavy atom. The highest BCUT2D eigenvalue weighted by Crippen LogP contribution is 2.30. The van der Waals surface area contributed by atoms with E-state index in [9.17, 15) is 9.59 Å². The molecule has 0 radical (unpaired) electrons. The summed E-state index contributed by atoms with van der Waals surface area (Å²) < 4.78 is 16.4. The zero-order valence-corrected chi connectivity index (χ0v) is 23.4. The summed E-state index contributed by atoms with van der Waals surface area (Å²) in [7, 11) is 5.12. The van der Waals surface area contributed by atoms with Gasteiger partial charge < -0.3 is 29.3 Å². The van der Waals surface area contributed by atoms with Crippen LogP contribution in [0, 0.1) is 11.8 Å². The third-order valence-electron chi connectivity index (χ3n) is 7.09. The Bertz CT molecular complexity index is 1030. The highest BCUT2D eigenvalue weighted by atomic mass is 16.5. The molecule has 3 rings (SSSR count). The van der Waals surface area contributed by atoms with Crippen molar-refractivity contribution >= 4 is 11.8 Å². The fourth-order valence-electron chi connectivity index (χ4n) is 4.83. The molecule has 1 aliphatic rings. The summed E-state index contributed by atoms with van der Waals surface area (Å²) in [5.41, 5.74) is 1.59. The Kier molecular flexibility index (Phi) is 11.4. The molecule has 0 aliphatic carbocycles. The van der Waals surface area contributed by atoms with Crippen molar-refractivity contribution in [2.75, 3.05) is 60.7 Å². The summed E-state index contributed by atoms with van der Waals surface area (Å²) in [5, 5.41) is 3.47. The Labute approximate surface area is 227 Å². The van der Waals surface area contributed by atoms with Crippen LogP contribution >= 0.6 is 0 Å². The van der Waals surface area contributed by atoms with Gasteiger partial charge in [0.15, 0.2) is 11.5 Å². The molecule has 2 amide bonds. The lowest BCUT2D eigenvalue weighted by atomic mass is 9.94. The summed E-state index contributed by atoms with van der Waals surface area (Å²) in [4.78, 5) is 30.3. The number of nitrogens with zero attached hydrogens (tertiary/aromatic N) is 2. The van der Waals surface area contributed by atoms with Crippen molar-refractivity contribution in [2.24, 2.45) is 11.8 Å². The highest BCUT2D eigenvalue weighted by Gasteiger charge is 2.33. The van der Waals surface area contributed by atoms with Gasteiger partial charge in [0.1, 0.15) is 0 Å².